The van der Waals surface area contributed by atoms with Crippen LogP contribution in [0.5, 0.6) is 0 Å². The van der Waals surface area contributed by atoms with Gasteiger partial charge in [-0.3, -0.25) is 25.3 Å². The molecule has 2 atom stereocenters. The number of nitrogens with one attached hydrogen (secondary N) is 2. The average molecular weight is 480 g/mol. The van der Waals surface area contributed by atoms with Gasteiger partial charge < -0.3 is 0 Å². The molecule has 1 aliphatic rings. The molecule has 1 saturated carbocycles. The highest BCUT2D eigenvalue weighted by Gasteiger charge is 2.56. The highest BCUT2D eigenvalue weighted by molar-refractivity contribution is 5.89. The van der Waals surface area contributed by atoms with E-state index in [4.69, 9.17) is 4.84 Å². The fourth-order valence-electron chi connectivity index (χ4n) is 4.20. The molecule has 1 aromatic heterocycles. The molecule has 34 heavy (non-hydrogen) atoms. The van der Waals surface area contributed by atoms with Crippen LogP contribution in [0.2, 0.25) is 0 Å². The molecule has 11 heteroatoms. The third kappa shape index (κ3) is 5.30. The lowest BCUT2D eigenvalue weighted by Gasteiger charge is -2.51. The minimum absolute atomic E-state index is 0.0714. The van der Waals surface area contributed by atoms with E-state index in [1.165, 1.54) is 0 Å². The maximum absolute atomic E-state index is 13.6. The van der Waals surface area contributed by atoms with Crippen LogP contribution in [0.15, 0.2) is 42.6 Å². The van der Waals surface area contributed by atoms with E-state index in [1.807, 2.05) is 44.2 Å². The van der Waals surface area contributed by atoms with Gasteiger partial charge in [0.05, 0.1) is 0 Å². The molecule has 0 aliphatic heterocycles. The predicted octanol–water partition coefficient (Wildman–Crippen LogP) is 4.11. The normalized spacial score (nSPS) is 16.6. The first-order valence-corrected chi connectivity index (χ1v) is 11.1. The van der Waals surface area contributed by atoms with Gasteiger partial charge in [0.25, 0.3) is 5.91 Å². The summed E-state index contributed by atoms with van der Waals surface area (Å²) >= 11 is 0. The van der Waals surface area contributed by atoms with E-state index in [9.17, 15) is 22.8 Å². The molecule has 2 unspecified atom stereocenters. The topological polar surface area (TPSA) is 96.5 Å². The molecule has 1 fully saturated rings. The van der Waals surface area contributed by atoms with Crippen LogP contribution in [0.25, 0.3) is 0 Å². The fraction of sp³-hybridized carbons (Fsp3) is 0.478. The van der Waals surface area contributed by atoms with Crippen LogP contribution in [0, 0.1) is 11.8 Å². The number of halogens is 3. The number of anilines is 1. The molecule has 2 N–H and O–H groups in total. The first-order chi connectivity index (χ1) is 16.2. The maximum Gasteiger partial charge on any atom is 0.433 e. The van der Waals surface area contributed by atoms with E-state index >= 15 is 0 Å². The predicted molar refractivity (Wildman–Crippen MR) is 117 cm³/mol. The molecular formula is C23H28F3N5O3. The number of carbonyl (C=O) groups excluding carboxylic acids is 2. The van der Waals surface area contributed by atoms with Crippen molar-refractivity contribution in [2.75, 3.05) is 5.43 Å². The first-order valence-electron chi connectivity index (χ1n) is 11.1. The third-order valence-corrected chi connectivity index (χ3v) is 6.36. The van der Waals surface area contributed by atoms with Crippen LogP contribution in [0.4, 0.5) is 19.1 Å². The summed E-state index contributed by atoms with van der Waals surface area (Å²) in [5.41, 5.74) is 3.10. The Balaban J connectivity index is 1.87. The number of aromatic nitrogens is 2. The van der Waals surface area contributed by atoms with E-state index in [0.29, 0.717) is 25.7 Å². The van der Waals surface area contributed by atoms with Gasteiger partial charge in [-0.05, 0) is 36.3 Å². The van der Waals surface area contributed by atoms with E-state index < -0.39 is 29.3 Å². The molecule has 1 aromatic carbocycles. The quantitative estimate of drug-likeness (QED) is 0.372. The largest absolute Gasteiger partial charge is 0.433 e. The van der Waals surface area contributed by atoms with Crippen molar-refractivity contribution < 1.29 is 27.6 Å². The molecule has 2 amide bonds. The lowest BCUT2D eigenvalue weighted by molar-refractivity contribution is -0.241. The number of hydrogen-bond donors (Lipinski definition) is 2. The number of hydrazine groups is 1. The van der Waals surface area contributed by atoms with Crippen molar-refractivity contribution in [2.24, 2.45) is 11.8 Å². The van der Waals surface area contributed by atoms with Crippen LogP contribution < -0.4 is 10.9 Å². The Kier molecular flexibility index (Phi) is 8.08. The molecule has 0 saturated heterocycles. The van der Waals surface area contributed by atoms with Crippen LogP contribution in [0.3, 0.4) is 0 Å². The SMILES string of the molecule is CCC(C)C(C(=O)NNc1nccc(C(F)(F)F)n1)(C1CCC1)N(C=O)OCc1ccccc1. The second kappa shape index (κ2) is 10.8. The summed E-state index contributed by atoms with van der Waals surface area (Å²) in [4.78, 5) is 38.9. The number of amides is 2. The minimum atomic E-state index is -4.66. The third-order valence-electron chi connectivity index (χ3n) is 6.36. The van der Waals surface area contributed by atoms with E-state index in [2.05, 4.69) is 20.8 Å². The average Bonchev–Trinajstić information content (AvgIpc) is 2.80. The highest BCUT2D eigenvalue weighted by atomic mass is 19.4. The molecule has 3 rings (SSSR count). The van der Waals surface area contributed by atoms with Gasteiger partial charge in [-0.2, -0.15) is 13.2 Å². The van der Waals surface area contributed by atoms with E-state index in [0.717, 1.165) is 29.3 Å². The van der Waals surface area contributed by atoms with Gasteiger partial charge >= 0.3 is 6.18 Å². The van der Waals surface area contributed by atoms with Crippen molar-refractivity contribution in [2.45, 2.75) is 57.9 Å². The summed E-state index contributed by atoms with van der Waals surface area (Å²) in [5.74, 6) is -1.53. The highest BCUT2D eigenvalue weighted by Crippen LogP contribution is 2.45. The van der Waals surface area contributed by atoms with Gasteiger partial charge in [0.15, 0.2) is 5.54 Å². The van der Waals surface area contributed by atoms with Gasteiger partial charge in [-0.25, -0.2) is 15.0 Å². The van der Waals surface area contributed by atoms with Gasteiger partial charge in [-0.1, -0.05) is 57.0 Å². The van der Waals surface area contributed by atoms with Crippen molar-refractivity contribution in [1.29, 1.82) is 0 Å². The van der Waals surface area contributed by atoms with Gasteiger partial charge in [0.2, 0.25) is 12.4 Å². The zero-order chi connectivity index (χ0) is 24.8. The molecule has 0 spiro atoms. The number of alkyl halides is 3. The lowest BCUT2D eigenvalue weighted by Crippen LogP contribution is -2.67. The zero-order valence-electron chi connectivity index (χ0n) is 19.0. The molecule has 0 radical (unpaired) electrons. The van der Waals surface area contributed by atoms with E-state index in [-0.39, 0.29) is 18.4 Å². The number of benzene rings is 1. The molecule has 184 valence electrons. The minimum Gasteiger partial charge on any atom is -0.276 e. The number of carbonyl (C=O) groups is 2. The van der Waals surface area contributed by atoms with Crippen LogP contribution in [-0.4, -0.2) is 32.9 Å². The molecular weight excluding hydrogens is 451 g/mol. The molecule has 0 bridgehead atoms. The monoisotopic (exact) mass is 479 g/mol. The Morgan fingerprint density at radius 3 is 2.53 bits per heavy atom. The van der Waals surface area contributed by atoms with Gasteiger partial charge in [-0.15, -0.1) is 0 Å². The Morgan fingerprint density at radius 1 is 1.26 bits per heavy atom. The summed E-state index contributed by atoms with van der Waals surface area (Å²) in [6.45, 7) is 3.82. The molecule has 1 heterocycles. The summed E-state index contributed by atoms with van der Waals surface area (Å²) < 4.78 is 38.9. The Morgan fingerprint density at radius 2 is 1.97 bits per heavy atom. The van der Waals surface area contributed by atoms with Crippen LogP contribution in [0.1, 0.15) is 50.8 Å². The zero-order valence-corrected chi connectivity index (χ0v) is 19.0. The maximum atomic E-state index is 13.6. The summed E-state index contributed by atoms with van der Waals surface area (Å²) in [6, 6.07) is 9.94. The second-order valence-corrected chi connectivity index (χ2v) is 8.30. The van der Waals surface area contributed by atoms with Gasteiger partial charge in [0.1, 0.15) is 12.3 Å². The van der Waals surface area contributed by atoms with Crippen molar-refractivity contribution in [1.82, 2.24) is 20.5 Å². The number of hydroxylamine groups is 2. The molecule has 8 nitrogen and oxygen atoms in total. The second-order valence-electron chi connectivity index (χ2n) is 8.30. The van der Waals surface area contributed by atoms with Crippen molar-refractivity contribution in [3.05, 3.63) is 53.9 Å². The van der Waals surface area contributed by atoms with E-state index in [1.54, 1.807) is 0 Å². The molecule has 1 aliphatic carbocycles. The van der Waals surface area contributed by atoms with Gasteiger partial charge in [0, 0.05) is 6.20 Å². The summed E-state index contributed by atoms with van der Waals surface area (Å²) in [7, 11) is 0. The smallest absolute Gasteiger partial charge is 0.276 e. The fourth-order valence-corrected chi connectivity index (χ4v) is 4.20. The number of rotatable bonds is 11. The lowest BCUT2D eigenvalue weighted by atomic mass is 9.64. The number of hydrogen-bond acceptors (Lipinski definition) is 6. The van der Waals surface area contributed by atoms with Crippen molar-refractivity contribution in [3.63, 3.8) is 0 Å². The Labute approximate surface area is 195 Å². The van der Waals surface area contributed by atoms with Crippen molar-refractivity contribution >= 4 is 18.3 Å². The summed E-state index contributed by atoms with van der Waals surface area (Å²) in [5, 5.41) is 1.07. The first kappa shape index (κ1) is 25.4. The molecule has 2 aromatic rings. The summed E-state index contributed by atoms with van der Waals surface area (Å²) in [6.07, 6.45) is -0.357. The Bertz CT molecular complexity index is 965. The Hall–Kier alpha value is -3.21. The van der Waals surface area contributed by atoms with Crippen molar-refractivity contribution in [3.8, 4) is 0 Å². The standard InChI is InChI=1S/C23H28F3N5O3/c1-3-16(2)22(18-10-7-11-18,31(15-32)34-14-17-8-5-4-6-9-17)20(33)29-30-21-27-13-12-19(28-21)23(24,25)26/h4-6,8-9,12-13,15-16,18H,3,7,10-11,14H2,1-2H3,(H,29,33)(H,27,28,30). The van der Waals surface area contributed by atoms with Crippen LogP contribution >= 0.6 is 0 Å². The number of nitrogens with zero attached hydrogens (tertiary/aromatic N) is 3. The van der Waals surface area contributed by atoms with Crippen LogP contribution in [-0.2, 0) is 27.2 Å².